The van der Waals surface area contributed by atoms with Crippen molar-refractivity contribution < 1.29 is 23.7 Å². The number of hydrogen-bond donors (Lipinski definition) is 1. The Morgan fingerprint density at radius 1 is 1.22 bits per heavy atom. The van der Waals surface area contributed by atoms with Crippen molar-refractivity contribution in [1.82, 2.24) is 0 Å². The van der Waals surface area contributed by atoms with Gasteiger partial charge in [0, 0.05) is 23.5 Å². The third-order valence-corrected chi connectivity index (χ3v) is 7.22. The fourth-order valence-corrected chi connectivity index (χ4v) is 5.10. The molecule has 1 saturated carbocycles. The van der Waals surface area contributed by atoms with Crippen LogP contribution in [0.4, 0.5) is 0 Å². The number of rotatable bonds is 8. The molecule has 3 rings (SSSR count). The number of hydrogen-bond acceptors (Lipinski definition) is 6. The van der Waals surface area contributed by atoms with Gasteiger partial charge in [0.1, 0.15) is 0 Å². The van der Waals surface area contributed by atoms with Crippen LogP contribution < -0.4 is 19.8 Å². The van der Waals surface area contributed by atoms with Crippen molar-refractivity contribution in [3.8, 4) is 17.2 Å². The van der Waals surface area contributed by atoms with E-state index in [1.807, 2.05) is 0 Å². The van der Waals surface area contributed by atoms with Gasteiger partial charge in [0.2, 0.25) is 11.5 Å². The van der Waals surface area contributed by atoms with Gasteiger partial charge in [0.05, 0.1) is 20.8 Å². The van der Waals surface area contributed by atoms with Crippen molar-refractivity contribution in [2.24, 2.45) is 17.3 Å². The zero-order chi connectivity index (χ0) is 23.5. The smallest absolute Gasteiger partial charge is 0.336 e. The van der Waals surface area contributed by atoms with Crippen molar-refractivity contribution in [2.45, 2.75) is 53.4 Å². The second-order valence-electron chi connectivity index (χ2n) is 9.29. The van der Waals surface area contributed by atoms with Crippen molar-refractivity contribution in [2.75, 3.05) is 27.4 Å². The Hall–Kier alpha value is -2.47. The van der Waals surface area contributed by atoms with Gasteiger partial charge in [0.15, 0.2) is 11.3 Å². The van der Waals surface area contributed by atoms with Crippen molar-refractivity contribution >= 4 is 11.0 Å². The molecule has 0 bridgehead atoms. The molecule has 32 heavy (non-hydrogen) atoms. The molecule has 0 radical (unpaired) electrons. The number of aliphatic hydroxyl groups excluding tert-OH is 1. The average molecular weight is 445 g/mol. The third-order valence-electron chi connectivity index (χ3n) is 7.22. The van der Waals surface area contributed by atoms with Gasteiger partial charge in [-0.2, -0.15) is 0 Å². The van der Waals surface area contributed by atoms with Crippen LogP contribution in [-0.4, -0.2) is 32.5 Å². The predicted molar refractivity (Wildman–Crippen MR) is 126 cm³/mol. The molecule has 3 unspecified atom stereocenters. The van der Waals surface area contributed by atoms with Gasteiger partial charge in [-0.05, 0) is 63.5 Å². The molecule has 1 aliphatic carbocycles. The maximum atomic E-state index is 11.8. The van der Waals surface area contributed by atoms with E-state index in [1.54, 1.807) is 19.2 Å². The summed E-state index contributed by atoms with van der Waals surface area (Å²) in [6, 6.07) is 4.86. The summed E-state index contributed by atoms with van der Waals surface area (Å²) in [6.07, 6.45) is 3.86. The zero-order valence-electron chi connectivity index (χ0n) is 20.1. The predicted octanol–water partition coefficient (Wildman–Crippen LogP) is 5.35. The monoisotopic (exact) mass is 444 g/mol. The Kier molecular flexibility index (Phi) is 7.55. The minimum absolute atomic E-state index is 0.136. The molecule has 1 fully saturated rings. The minimum atomic E-state index is -0.447. The van der Waals surface area contributed by atoms with E-state index < -0.39 is 5.63 Å². The highest BCUT2D eigenvalue weighted by Gasteiger charge is 2.45. The van der Waals surface area contributed by atoms with Gasteiger partial charge in [0.25, 0.3) is 0 Å². The molecule has 3 atom stereocenters. The molecular weight excluding hydrogens is 408 g/mol. The molecule has 0 spiro atoms. The van der Waals surface area contributed by atoms with Crippen LogP contribution >= 0.6 is 0 Å². The van der Waals surface area contributed by atoms with E-state index >= 15 is 0 Å². The minimum Gasteiger partial charge on any atom is -0.493 e. The molecule has 1 N–H and O–H groups in total. The lowest BCUT2D eigenvalue weighted by Gasteiger charge is -2.48. The van der Waals surface area contributed by atoms with Gasteiger partial charge < -0.3 is 23.7 Å². The fraction of sp³-hybridized carbons (Fsp3) is 0.577. The van der Waals surface area contributed by atoms with Crippen LogP contribution in [0.15, 0.2) is 38.6 Å². The summed E-state index contributed by atoms with van der Waals surface area (Å²) < 4.78 is 23.1. The lowest BCUT2D eigenvalue weighted by atomic mass is 9.58. The highest BCUT2D eigenvalue weighted by atomic mass is 16.5. The second kappa shape index (κ2) is 9.99. The zero-order valence-corrected chi connectivity index (χ0v) is 20.1. The summed E-state index contributed by atoms with van der Waals surface area (Å²) in [5.41, 5.74) is 2.60. The maximum absolute atomic E-state index is 11.8. The Labute approximate surface area is 190 Å². The number of methoxy groups -OCH3 is 2. The number of aliphatic hydroxyl groups is 1. The molecule has 1 aromatic carbocycles. The van der Waals surface area contributed by atoms with E-state index in [4.69, 9.17) is 18.6 Å². The Balaban J connectivity index is 2.04. The molecule has 1 heterocycles. The molecule has 0 amide bonds. The van der Waals surface area contributed by atoms with Gasteiger partial charge >= 0.3 is 5.63 Å². The van der Waals surface area contributed by atoms with Crippen LogP contribution in [0, 0.1) is 17.3 Å². The molecule has 176 valence electrons. The van der Waals surface area contributed by atoms with Crippen molar-refractivity contribution in [1.29, 1.82) is 0 Å². The molecule has 2 aromatic rings. The molecule has 1 aromatic heterocycles. The lowest BCUT2D eigenvalue weighted by Crippen LogP contribution is -2.44. The molecule has 0 saturated heterocycles. The van der Waals surface area contributed by atoms with Gasteiger partial charge in [-0.1, -0.05) is 25.0 Å². The summed E-state index contributed by atoms with van der Waals surface area (Å²) in [7, 11) is 3.12. The topological polar surface area (TPSA) is 78.1 Å². The third kappa shape index (κ3) is 4.51. The summed E-state index contributed by atoms with van der Waals surface area (Å²) in [6.45, 7) is 9.55. The van der Waals surface area contributed by atoms with Crippen LogP contribution in [0.25, 0.3) is 11.0 Å². The summed E-state index contributed by atoms with van der Waals surface area (Å²) >= 11 is 0. The average Bonchev–Trinajstić information content (AvgIpc) is 2.77. The van der Waals surface area contributed by atoms with Gasteiger partial charge in [-0.15, -0.1) is 0 Å². The number of allylic oxidation sites excluding steroid dienone is 2. The second-order valence-corrected chi connectivity index (χ2v) is 9.29. The van der Waals surface area contributed by atoms with Crippen molar-refractivity contribution in [3.63, 3.8) is 0 Å². The molecule has 6 nitrogen and oxygen atoms in total. The van der Waals surface area contributed by atoms with Gasteiger partial charge in [-0.3, -0.25) is 0 Å². The van der Waals surface area contributed by atoms with Gasteiger partial charge in [-0.25, -0.2) is 4.79 Å². The van der Waals surface area contributed by atoms with E-state index in [0.29, 0.717) is 46.7 Å². The van der Waals surface area contributed by atoms with E-state index in [0.717, 1.165) is 25.7 Å². The standard InChI is InChI=1S/C26H36O6/c1-16(2)19-11-9-17(3)26(4,20(19)8-7-13-27)15-31-24-21(29-5)14-18-10-12-22(28)32-23(18)25(24)30-6/h10,12,14,17,20,27H,7-9,11,13,15H2,1-6H3. The SMILES string of the molecule is COc1cc2ccc(=O)oc2c(OC)c1OCC1(C)C(C)CCC(=C(C)C)C1CCCO. The summed E-state index contributed by atoms with van der Waals surface area (Å²) in [4.78, 5) is 11.8. The number of benzene rings is 1. The molecular formula is C26H36O6. The molecule has 6 heteroatoms. The van der Waals surface area contributed by atoms with Crippen molar-refractivity contribution in [3.05, 3.63) is 39.8 Å². The van der Waals surface area contributed by atoms with Crippen LogP contribution in [0.3, 0.4) is 0 Å². The Morgan fingerprint density at radius 3 is 2.59 bits per heavy atom. The first-order valence-electron chi connectivity index (χ1n) is 11.4. The number of ether oxygens (including phenoxy) is 3. The van der Waals surface area contributed by atoms with Crippen LogP contribution in [-0.2, 0) is 0 Å². The highest BCUT2D eigenvalue weighted by Crippen LogP contribution is 2.52. The van der Waals surface area contributed by atoms with Crippen LogP contribution in [0.2, 0.25) is 0 Å². The molecule has 0 aliphatic heterocycles. The summed E-state index contributed by atoms with van der Waals surface area (Å²) in [5.74, 6) is 2.09. The highest BCUT2D eigenvalue weighted by molar-refractivity contribution is 5.88. The Bertz CT molecular complexity index is 1030. The quantitative estimate of drug-likeness (QED) is 0.437. The Morgan fingerprint density at radius 2 is 1.97 bits per heavy atom. The summed E-state index contributed by atoms with van der Waals surface area (Å²) in [5, 5.41) is 10.2. The van der Waals surface area contributed by atoms with Crippen LogP contribution in [0.1, 0.15) is 53.4 Å². The molecule has 1 aliphatic rings. The van der Waals surface area contributed by atoms with Crippen LogP contribution in [0.5, 0.6) is 17.2 Å². The largest absolute Gasteiger partial charge is 0.493 e. The van der Waals surface area contributed by atoms with E-state index in [-0.39, 0.29) is 12.0 Å². The lowest BCUT2D eigenvalue weighted by molar-refractivity contribution is 0.0217. The van der Waals surface area contributed by atoms with E-state index in [1.165, 1.54) is 24.3 Å². The first-order valence-corrected chi connectivity index (χ1v) is 11.4. The fourth-order valence-electron chi connectivity index (χ4n) is 5.10. The number of fused-ring (bicyclic) bond motifs is 1. The first-order chi connectivity index (χ1) is 15.3. The first kappa shape index (κ1) is 24.2. The normalized spacial score (nSPS) is 23.3. The maximum Gasteiger partial charge on any atom is 0.336 e. The van der Waals surface area contributed by atoms with E-state index in [9.17, 15) is 9.90 Å². The van der Waals surface area contributed by atoms with E-state index in [2.05, 4.69) is 27.7 Å².